The zero-order valence-corrected chi connectivity index (χ0v) is 16.8. The number of piperidine rings is 1. The maximum atomic E-state index is 13.0. The van der Waals surface area contributed by atoms with Crippen LogP contribution in [0, 0.1) is 13.8 Å². The van der Waals surface area contributed by atoms with Gasteiger partial charge in [-0.3, -0.25) is 4.79 Å². The lowest BCUT2D eigenvalue weighted by atomic mass is 9.96. The number of fused-ring (bicyclic) bond motifs is 1. The summed E-state index contributed by atoms with van der Waals surface area (Å²) in [5.41, 5.74) is 4.03. The number of likely N-dealkylation sites (tertiary alicyclic amines) is 1. The molecule has 2 aromatic heterocycles. The molecule has 146 valence electrons. The van der Waals surface area contributed by atoms with Gasteiger partial charge < -0.3 is 9.42 Å². The second kappa shape index (κ2) is 7.30. The van der Waals surface area contributed by atoms with E-state index in [4.69, 9.17) is 4.52 Å². The van der Waals surface area contributed by atoms with Crippen LogP contribution in [0.5, 0.6) is 0 Å². The molecule has 1 aliphatic heterocycles. The minimum absolute atomic E-state index is 0.0359. The topological polar surface area (TPSA) is 85.0 Å². The smallest absolute Gasteiger partial charge is 0.253 e. The highest BCUT2D eigenvalue weighted by molar-refractivity contribution is 5.97. The lowest BCUT2D eigenvalue weighted by Crippen LogP contribution is -2.38. The predicted octanol–water partition coefficient (Wildman–Crippen LogP) is 3.77. The second-order valence-electron chi connectivity index (χ2n) is 7.81. The van der Waals surface area contributed by atoms with E-state index in [-0.39, 0.29) is 17.7 Å². The molecule has 1 aliphatic rings. The summed E-state index contributed by atoms with van der Waals surface area (Å²) < 4.78 is 5.44. The summed E-state index contributed by atoms with van der Waals surface area (Å²) in [5, 5.41) is 4.06. The highest BCUT2D eigenvalue weighted by Gasteiger charge is 2.28. The first kappa shape index (κ1) is 18.5. The van der Waals surface area contributed by atoms with E-state index in [9.17, 15) is 4.79 Å². The van der Waals surface area contributed by atoms with Gasteiger partial charge in [-0.05, 0) is 44.9 Å². The van der Waals surface area contributed by atoms with Crippen molar-refractivity contribution in [2.75, 3.05) is 13.1 Å². The largest absolute Gasteiger partial charge is 0.339 e. The van der Waals surface area contributed by atoms with Crippen LogP contribution in [0.2, 0.25) is 0 Å². The molecule has 1 fully saturated rings. The highest BCUT2D eigenvalue weighted by Crippen LogP contribution is 2.28. The molecule has 0 radical (unpaired) electrons. The first-order valence-corrected chi connectivity index (χ1v) is 9.80. The lowest BCUT2D eigenvalue weighted by Gasteiger charge is -2.30. The van der Waals surface area contributed by atoms with Crippen molar-refractivity contribution in [1.82, 2.24) is 25.0 Å². The standard InChI is InChI=1S/C21H25N5O2/c1-12(2)19-24-20(28-25-19)15-7-9-26(10-8-15)21(27)16-5-6-17-18(11-16)23-14(4)13(3)22-17/h5-6,11-12,15H,7-10H2,1-4H3. The number of amides is 1. The second-order valence-corrected chi connectivity index (χ2v) is 7.81. The van der Waals surface area contributed by atoms with E-state index in [0.717, 1.165) is 41.1 Å². The van der Waals surface area contributed by atoms with Crippen LogP contribution in [0.3, 0.4) is 0 Å². The first-order valence-electron chi connectivity index (χ1n) is 9.80. The van der Waals surface area contributed by atoms with Gasteiger partial charge in [0.15, 0.2) is 5.82 Å². The Bertz CT molecular complexity index is 1020. The molecule has 0 spiro atoms. The van der Waals surface area contributed by atoms with Crippen molar-refractivity contribution in [3.63, 3.8) is 0 Å². The minimum Gasteiger partial charge on any atom is -0.339 e. The highest BCUT2D eigenvalue weighted by atomic mass is 16.5. The summed E-state index contributed by atoms with van der Waals surface area (Å²) >= 11 is 0. The van der Waals surface area contributed by atoms with Gasteiger partial charge in [0.1, 0.15) is 0 Å². The summed E-state index contributed by atoms with van der Waals surface area (Å²) in [4.78, 5) is 28.5. The number of carbonyl (C=O) groups excluding carboxylic acids is 1. The van der Waals surface area contributed by atoms with E-state index in [1.807, 2.05) is 50.8 Å². The van der Waals surface area contributed by atoms with Gasteiger partial charge >= 0.3 is 0 Å². The fraction of sp³-hybridized carbons (Fsp3) is 0.476. The number of benzene rings is 1. The van der Waals surface area contributed by atoms with Crippen LogP contribution in [0.25, 0.3) is 11.0 Å². The Kier molecular flexibility index (Phi) is 4.83. The molecule has 0 unspecified atom stereocenters. The Morgan fingerprint density at radius 1 is 1.07 bits per heavy atom. The van der Waals surface area contributed by atoms with Gasteiger partial charge in [-0.2, -0.15) is 4.98 Å². The Balaban J connectivity index is 1.46. The molecule has 0 saturated carbocycles. The number of hydrogen-bond acceptors (Lipinski definition) is 6. The van der Waals surface area contributed by atoms with Crippen molar-refractivity contribution in [3.05, 3.63) is 46.9 Å². The predicted molar refractivity (Wildman–Crippen MR) is 105 cm³/mol. The number of aromatic nitrogens is 4. The van der Waals surface area contributed by atoms with Gasteiger partial charge in [-0.15, -0.1) is 0 Å². The van der Waals surface area contributed by atoms with E-state index < -0.39 is 0 Å². The average Bonchev–Trinajstić information content (AvgIpc) is 3.19. The van der Waals surface area contributed by atoms with E-state index in [1.54, 1.807) is 0 Å². The molecule has 1 aromatic carbocycles. The summed E-state index contributed by atoms with van der Waals surface area (Å²) in [7, 11) is 0. The molecular weight excluding hydrogens is 354 g/mol. The van der Waals surface area contributed by atoms with Crippen LogP contribution >= 0.6 is 0 Å². The third-order valence-electron chi connectivity index (χ3n) is 5.43. The number of nitrogens with zero attached hydrogens (tertiary/aromatic N) is 5. The molecule has 7 heteroatoms. The molecule has 1 saturated heterocycles. The van der Waals surface area contributed by atoms with Gasteiger partial charge in [-0.25, -0.2) is 9.97 Å². The van der Waals surface area contributed by atoms with Crippen LogP contribution in [-0.2, 0) is 0 Å². The van der Waals surface area contributed by atoms with E-state index in [0.29, 0.717) is 24.5 Å². The SMILES string of the molecule is Cc1nc2ccc(C(=O)N3CCC(c4nc(C(C)C)no4)CC3)cc2nc1C. The quantitative estimate of drug-likeness (QED) is 0.689. The summed E-state index contributed by atoms with van der Waals surface area (Å²) in [6.45, 7) is 9.33. The summed E-state index contributed by atoms with van der Waals surface area (Å²) in [6, 6.07) is 5.56. The zero-order valence-electron chi connectivity index (χ0n) is 16.8. The molecule has 4 rings (SSSR count). The van der Waals surface area contributed by atoms with Gasteiger partial charge in [0.2, 0.25) is 5.89 Å². The van der Waals surface area contributed by atoms with Crippen molar-refractivity contribution in [2.45, 2.75) is 52.4 Å². The molecular formula is C21H25N5O2. The first-order chi connectivity index (χ1) is 13.4. The maximum Gasteiger partial charge on any atom is 0.253 e. The minimum atomic E-state index is 0.0359. The normalized spacial score (nSPS) is 15.5. The van der Waals surface area contributed by atoms with Gasteiger partial charge in [0.25, 0.3) is 5.91 Å². The van der Waals surface area contributed by atoms with Crippen LogP contribution in [0.15, 0.2) is 22.7 Å². The van der Waals surface area contributed by atoms with Crippen molar-refractivity contribution in [1.29, 1.82) is 0 Å². The van der Waals surface area contributed by atoms with Crippen molar-refractivity contribution in [2.24, 2.45) is 0 Å². The Hall–Kier alpha value is -2.83. The van der Waals surface area contributed by atoms with Gasteiger partial charge in [0.05, 0.1) is 22.4 Å². The average molecular weight is 379 g/mol. The lowest BCUT2D eigenvalue weighted by molar-refractivity contribution is 0.0704. The number of carbonyl (C=O) groups is 1. The molecule has 0 aliphatic carbocycles. The van der Waals surface area contributed by atoms with Crippen LogP contribution in [0.4, 0.5) is 0 Å². The molecule has 3 heterocycles. The van der Waals surface area contributed by atoms with Crippen LogP contribution in [-0.4, -0.2) is 44.0 Å². The third kappa shape index (κ3) is 3.48. The molecule has 0 atom stereocenters. The monoisotopic (exact) mass is 379 g/mol. The van der Waals surface area contributed by atoms with E-state index in [2.05, 4.69) is 20.1 Å². The molecule has 3 aromatic rings. The van der Waals surface area contributed by atoms with E-state index >= 15 is 0 Å². The fourth-order valence-corrected chi connectivity index (χ4v) is 3.52. The molecule has 7 nitrogen and oxygen atoms in total. The molecule has 0 bridgehead atoms. The Morgan fingerprint density at radius 3 is 2.39 bits per heavy atom. The molecule has 1 amide bonds. The van der Waals surface area contributed by atoms with E-state index in [1.165, 1.54) is 0 Å². The number of rotatable bonds is 3. The van der Waals surface area contributed by atoms with Crippen molar-refractivity contribution >= 4 is 16.9 Å². The van der Waals surface area contributed by atoms with Crippen molar-refractivity contribution < 1.29 is 9.32 Å². The third-order valence-corrected chi connectivity index (χ3v) is 5.43. The van der Waals surface area contributed by atoms with Crippen molar-refractivity contribution in [3.8, 4) is 0 Å². The zero-order chi connectivity index (χ0) is 19.8. The summed E-state index contributed by atoms with van der Waals surface area (Å²) in [6.07, 6.45) is 1.66. The molecule has 0 N–H and O–H groups in total. The Labute approximate surface area is 164 Å². The maximum absolute atomic E-state index is 13.0. The summed E-state index contributed by atoms with van der Waals surface area (Å²) in [5.74, 6) is 1.95. The van der Waals surface area contributed by atoms with Crippen LogP contribution < -0.4 is 0 Å². The number of aryl methyl sites for hydroxylation is 2. The van der Waals surface area contributed by atoms with Gasteiger partial charge in [-0.1, -0.05) is 19.0 Å². The number of hydrogen-bond donors (Lipinski definition) is 0. The van der Waals surface area contributed by atoms with Gasteiger partial charge in [0, 0.05) is 30.5 Å². The van der Waals surface area contributed by atoms with Crippen LogP contribution in [0.1, 0.15) is 72.0 Å². The Morgan fingerprint density at radius 2 is 1.75 bits per heavy atom. The molecule has 28 heavy (non-hydrogen) atoms. The fourth-order valence-electron chi connectivity index (χ4n) is 3.52.